The third-order valence-electron chi connectivity index (χ3n) is 5.88. The van der Waals surface area contributed by atoms with Gasteiger partial charge in [0.25, 0.3) is 5.91 Å². The van der Waals surface area contributed by atoms with Crippen LogP contribution in [0.4, 0.5) is 0 Å². The van der Waals surface area contributed by atoms with E-state index in [1.54, 1.807) is 4.90 Å². The first-order valence-corrected chi connectivity index (χ1v) is 11.4. The molecule has 0 bridgehead atoms. The Balaban J connectivity index is 1.74. The van der Waals surface area contributed by atoms with Crippen LogP contribution in [-0.4, -0.2) is 35.4 Å². The van der Waals surface area contributed by atoms with Crippen molar-refractivity contribution in [2.75, 3.05) is 6.61 Å². The summed E-state index contributed by atoms with van der Waals surface area (Å²) < 4.78 is 5.71. The Bertz CT molecular complexity index is 847. The Morgan fingerprint density at radius 3 is 2.48 bits per heavy atom. The van der Waals surface area contributed by atoms with Crippen molar-refractivity contribution in [2.24, 2.45) is 0 Å². The van der Waals surface area contributed by atoms with E-state index in [-0.39, 0.29) is 24.5 Å². The molecule has 1 fully saturated rings. The van der Waals surface area contributed by atoms with Crippen LogP contribution in [0.3, 0.4) is 0 Å². The van der Waals surface area contributed by atoms with Crippen LogP contribution in [0.25, 0.3) is 0 Å². The van der Waals surface area contributed by atoms with Gasteiger partial charge < -0.3 is 15.0 Å². The van der Waals surface area contributed by atoms with Crippen LogP contribution < -0.4 is 10.1 Å². The van der Waals surface area contributed by atoms with Gasteiger partial charge in [0.05, 0.1) is 0 Å². The summed E-state index contributed by atoms with van der Waals surface area (Å²) in [5.41, 5.74) is 2.14. The molecule has 3 rings (SSSR count). The molecule has 1 aliphatic rings. The number of rotatable bonds is 9. The molecule has 5 heteroatoms. The van der Waals surface area contributed by atoms with Crippen molar-refractivity contribution in [3.8, 4) is 5.75 Å². The highest BCUT2D eigenvalue weighted by Gasteiger charge is 2.30. The maximum atomic E-state index is 13.2. The summed E-state index contributed by atoms with van der Waals surface area (Å²) in [6.45, 7) is 4.28. The van der Waals surface area contributed by atoms with Crippen LogP contribution in [0.15, 0.2) is 54.6 Å². The number of hydrogen-bond donors (Lipinski definition) is 1. The summed E-state index contributed by atoms with van der Waals surface area (Å²) in [6.07, 6.45) is 6.13. The molecule has 0 aliphatic heterocycles. The number of amides is 2. The third kappa shape index (κ3) is 6.84. The van der Waals surface area contributed by atoms with E-state index in [2.05, 4.69) is 11.4 Å². The topological polar surface area (TPSA) is 58.6 Å². The van der Waals surface area contributed by atoms with E-state index in [4.69, 9.17) is 4.74 Å². The SMILES string of the molecule is CC[C@H](C(=O)NC1CCCCC1)N(Cc1cccc(C)c1)C(=O)COc1ccccc1. The minimum absolute atomic E-state index is 0.0601. The molecule has 1 aliphatic carbocycles. The number of nitrogens with zero attached hydrogens (tertiary/aromatic N) is 1. The van der Waals surface area contributed by atoms with E-state index >= 15 is 0 Å². The van der Waals surface area contributed by atoms with Gasteiger partial charge in [-0.3, -0.25) is 9.59 Å². The van der Waals surface area contributed by atoms with Crippen molar-refractivity contribution in [3.63, 3.8) is 0 Å². The molecule has 1 atom stereocenters. The minimum Gasteiger partial charge on any atom is -0.484 e. The lowest BCUT2D eigenvalue weighted by Gasteiger charge is -2.32. The number of aryl methyl sites for hydroxylation is 1. The van der Waals surface area contributed by atoms with Crippen LogP contribution in [0.2, 0.25) is 0 Å². The minimum atomic E-state index is -0.519. The maximum Gasteiger partial charge on any atom is 0.261 e. The fourth-order valence-electron chi connectivity index (χ4n) is 4.22. The molecule has 1 N–H and O–H groups in total. The lowest BCUT2D eigenvalue weighted by Crippen LogP contribution is -2.52. The number of carbonyl (C=O) groups is 2. The number of nitrogens with one attached hydrogen (secondary N) is 1. The van der Waals surface area contributed by atoms with Crippen LogP contribution in [0, 0.1) is 6.92 Å². The summed E-state index contributed by atoms with van der Waals surface area (Å²) in [4.78, 5) is 28.1. The van der Waals surface area contributed by atoms with Gasteiger partial charge in [0.15, 0.2) is 6.61 Å². The van der Waals surface area contributed by atoms with Crippen molar-refractivity contribution in [1.29, 1.82) is 0 Å². The van der Waals surface area contributed by atoms with Gasteiger partial charge in [0.1, 0.15) is 11.8 Å². The zero-order chi connectivity index (χ0) is 22.1. The van der Waals surface area contributed by atoms with E-state index < -0.39 is 6.04 Å². The summed E-state index contributed by atoms with van der Waals surface area (Å²) in [5, 5.41) is 3.20. The first-order valence-electron chi connectivity index (χ1n) is 11.4. The Labute approximate surface area is 185 Å². The predicted octanol–water partition coefficient (Wildman–Crippen LogP) is 4.63. The highest BCUT2D eigenvalue weighted by Crippen LogP contribution is 2.19. The molecule has 1 saturated carbocycles. The van der Waals surface area contributed by atoms with Gasteiger partial charge in [0.2, 0.25) is 5.91 Å². The second kappa shape index (κ2) is 11.5. The van der Waals surface area contributed by atoms with E-state index in [1.807, 2.05) is 62.4 Å². The molecule has 31 heavy (non-hydrogen) atoms. The molecule has 0 heterocycles. The maximum absolute atomic E-state index is 13.2. The van der Waals surface area contributed by atoms with Gasteiger partial charge in [-0.25, -0.2) is 0 Å². The number of hydrogen-bond acceptors (Lipinski definition) is 3. The Morgan fingerprint density at radius 2 is 1.81 bits per heavy atom. The molecule has 2 aromatic rings. The molecule has 5 nitrogen and oxygen atoms in total. The van der Waals surface area contributed by atoms with E-state index in [9.17, 15) is 9.59 Å². The van der Waals surface area contributed by atoms with Crippen molar-refractivity contribution < 1.29 is 14.3 Å². The second-order valence-electron chi connectivity index (χ2n) is 8.38. The Morgan fingerprint density at radius 1 is 1.06 bits per heavy atom. The van der Waals surface area contributed by atoms with Crippen molar-refractivity contribution in [1.82, 2.24) is 10.2 Å². The van der Waals surface area contributed by atoms with Crippen LogP contribution in [0.5, 0.6) is 5.75 Å². The van der Waals surface area contributed by atoms with Gasteiger partial charge in [-0.2, -0.15) is 0 Å². The van der Waals surface area contributed by atoms with Crippen molar-refractivity contribution in [2.45, 2.75) is 71.0 Å². The number of carbonyl (C=O) groups excluding carboxylic acids is 2. The molecule has 0 aromatic heterocycles. The standard InChI is InChI=1S/C26H34N2O3/c1-3-24(26(30)27-22-13-6-4-7-14-22)28(18-21-12-10-11-20(2)17-21)25(29)19-31-23-15-8-5-9-16-23/h5,8-12,15-17,22,24H,3-4,6-7,13-14,18-19H2,1-2H3,(H,27,30)/t24-/m1/s1. The summed E-state index contributed by atoms with van der Waals surface area (Å²) >= 11 is 0. The van der Waals surface area contributed by atoms with Gasteiger partial charge in [-0.15, -0.1) is 0 Å². The van der Waals surface area contributed by atoms with Crippen molar-refractivity contribution in [3.05, 3.63) is 65.7 Å². The van der Waals surface area contributed by atoms with Crippen LogP contribution in [-0.2, 0) is 16.1 Å². The molecule has 2 aromatic carbocycles. The monoisotopic (exact) mass is 422 g/mol. The quantitative estimate of drug-likeness (QED) is 0.641. The fourth-order valence-corrected chi connectivity index (χ4v) is 4.22. The first kappa shape index (κ1) is 22.9. The molecular formula is C26H34N2O3. The zero-order valence-corrected chi connectivity index (χ0v) is 18.7. The third-order valence-corrected chi connectivity index (χ3v) is 5.88. The number of para-hydroxylation sites is 1. The predicted molar refractivity (Wildman–Crippen MR) is 123 cm³/mol. The number of ether oxygens (including phenoxy) is 1. The van der Waals surface area contributed by atoms with Crippen molar-refractivity contribution >= 4 is 11.8 Å². The molecular weight excluding hydrogens is 388 g/mol. The average Bonchev–Trinajstić information content (AvgIpc) is 2.79. The van der Waals surface area contributed by atoms with Gasteiger partial charge in [-0.05, 0) is 43.9 Å². The lowest BCUT2D eigenvalue weighted by molar-refractivity contribution is -0.143. The van der Waals surface area contributed by atoms with Crippen LogP contribution >= 0.6 is 0 Å². The molecule has 0 unspecified atom stereocenters. The summed E-state index contributed by atoms with van der Waals surface area (Å²) in [6, 6.07) is 17.1. The second-order valence-corrected chi connectivity index (χ2v) is 8.38. The fraction of sp³-hybridized carbons (Fsp3) is 0.462. The molecule has 0 radical (unpaired) electrons. The molecule has 0 spiro atoms. The summed E-state index contributed by atoms with van der Waals surface area (Å²) in [7, 11) is 0. The largest absolute Gasteiger partial charge is 0.484 e. The highest BCUT2D eigenvalue weighted by atomic mass is 16.5. The van der Waals surface area contributed by atoms with E-state index in [1.165, 1.54) is 6.42 Å². The van der Waals surface area contributed by atoms with Gasteiger partial charge in [-0.1, -0.05) is 74.2 Å². The average molecular weight is 423 g/mol. The van der Waals surface area contributed by atoms with Crippen LogP contribution in [0.1, 0.15) is 56.6 Å². The number of benzene rings is 2. The molecule has 166 valence electrons. The van der Waals surface area contributed by atoms with Gasteiger partial charge >= 0.3 is 0 Å². The Hall–Kier alpha value is -2.82. The van der Waals surface area contributed by atoms with E-state index in [0.717, 1.165) is 36.8 Å². The van der Waals surface area contributed by atoms with E-state index in [0.29, 0.717) is 18.7 Å². The normalized spacial score (nSPS) is 15.2. The smallest absolute Gasteiger partial charge is 0.261 e. The Kier molecular flexibility index (Phi) is 8.51. The first-order chi connectivity index (χ1) is 15.1. The summed E-state index contributed by atoms with van der Waals surface area (Å²) in [5.74, 6) is 0.400. The molecule has 0 saturated heterocycles. The van der Waals surface area contributed by atoms with Gasteiger partial charge in [0, 0.05) is 12.6 Å². The zero-order valence-electron chi connectivity index (χ0n) is 18.7. The molecule has 2 amide bonds. The highest BCUT2D eigenvalue weighted by molar-refractivity contribution is 5.88. The lowest BCUT2D eigenvalue weighted by atomic mass is 9.95.